The average Bonchev–Trinajstić information content (AvgIpc) is 3.04. The van der Waals surface area contributed by atoms with Crippen LogP contribution in [0.1, 0.15) is 48.1 Å². The second-order valence-corrected chi connectivity index (χ2v) is 7.66. The minimum atomic E-state index is -0.750. The van der Waals surface area contributed by atoms with E-state index < -0.39 is 17.5 Å². The second kappa shape index (κ2) is 8.77. The van der Waals surface area contributed by atoms with Crippen molar-refractivity contribution in [2.75, 3.05) is 13.7 Å². The van der Waals surface area contributed by atoms with Crippen LogP contribution in [0.25, 0.3) is 5.65 Å². The molecule has 6 nitrogen and oxygen atoms in total. The van der Waals surface area contributed by atoms with Crippen molar-refractivity contribution >= 4 is 11.6 Å². The number of aryl methyl sites for hydroxylation is 2. The van der Waals surface area contributed by atoms with Gasteiger partial charge in [-0.15, -0.1) is 0 Å². The van der Waals surface area contributed by atoms with E-state index in [1.807, 2.05) is 27.7 Å². The molecule has 0 aliphatic heterocycles. The zero-order valence-electron chi connectivity index (χ0n) is 17.9. The number of hydrogen-bond acceptors (Lipinski definition) is 4. The number of amides is 1. The Kier molecular flexibility index (Phi) is 6.34. The summed E-state index contributed by atoms with van der Waals surface area (Å²) in [6.45, 7) is 8.30. The van der Waals surface area contributed by atoms with Crippen LogP contribution in [-0.4, -0.2) is 39.1 Å². The van der Waals surface area contributed by atoms with Crippen molar-refractivity contribution in [2.45, 2.75) is 40.7 Å². The monoisotopic (exact) mass is 416 g/mol. The Morgan fingerprint density at radius 2 is 2.00 bits per heavy atom. The topological polar surface area (TPSA) is 59.7 Å². The van der Waals surface area contributed by atoms with E-state index in [2.05, 4.69) is 10.1 Å². The molecule has 0 unspecified atom stereocenters. The quantitative estimate of drug-likeness (QED) is 0.580. The lowest BCUT2D eigenvalue weighted by Gasteiger charge is -2.24. The van der Waals surface area contributed by atoms with Crippen molar-refractivity contribution in [3.63, 3.8) is 0 Å². The molecular formula is C22H26F2N4O2. The van der Waals surface area contributed by atoms with Crippen molar-refractivity contribution in [3.05, 3.63) is 58.4 Å². The number of methoxy groups -OCH3 is 1. The van der Waals surface area contributed by atoms with E-state index >= 15 is 0 Å². The van der Waals surface area contributed by atoms with E-state index in [-0.39, 0.29) is 18.0 Å². The van der Waals surface area contributed by atoms with Gasteiger partial charge in [-0.1, -0.05) is 20.8 Å². The SMILES string of the molecule is CCc1c(CN(CC(C)C)C(=O)c2cc(F)ccc2F)nn2c(OC)cc(C)nc12. The number of nitrogens with zero attached hydrogens (tertiary/aromatic N) is 4. The van der Waals surface area contributed by atoms with Gasteiger partial charge in [-0.2, -0.15) is 9.61 Å². The molecular weight excluding hydrogens is 390 g/mol. The first-order valence-electron chi connectivity index (χ1n) is 9.91. The van der Waals surface area contributed by atoms with Crippen LogP contribution < -0.4 is 4.74 Å². The Morgan fingerprint density at radius 3 is 2.63 bits per heavy atom. The molecule has 1 amide bonds. The summed E-state index contributed by atoms with van der Waals surface area (Å²) in [7, 11) is 1.56. The number of hydrogen-bond donors (Lipinski definition) is 0. The maximum Gasteiger partial charge on any atom is 0.257 e. The number of aromatic nitrogens is 3. The summed E-state index contributed by atoms with van der Waals surface area (Å²) in [6.07, 6.45) is 0.649. The lowest BCUT2D eigenvalue weighted by molar-refractivity contribution is 0.0714. The first kappa shape index (κ1) is 21.7. The van der Waals surface area contributed by atoms with Gasteiger partial charge in [0.25, 0.3) is 5.91 Å². The normalized spacial score (nSPS) is 11.3. The molecule has 2 heterocycles. The Hall–Kier alpha value is -3.03. The van der Waals surface area contributed by atoms with Gasteiger partial charge in [-0.3, -0.25) is 4.79 Å². The van der Waals surface area contributed by atoms with Gasteiger partial charge in [0.05, 0.1) is 24.9 Å². The van der Waals surface area contributed by atoms with E-state index in [0.29, 0.717) is 30.2 Å². The molecule has 3 rings (SSSR count). The third-order valence-electron chi connectivity index (χ3n) is 4.80. The molecule has 0 aliphatic carbocycles. The first-order chi connectivity index (χ1) is 14.2. The van der Waals surface area contributed by atoms with Crippen molar-refractivity contribution in [1.29, 1.82) is 0 Å². The third kappa shape index (κ3) is 4.27. The lowest BCUT2D eigenvalue weighted by Crippen LogP contribution is -2.34. The van der Waals surface area contributed by atoms with Crippen LogP contribution in [0, 0.1) is 24.5 Å². The molecule has 0 radical (unpaired) electrons. The van der Waals surface area contributed by atoms with Crippen molar-refractivity contribution in [3.8, 4) is 5.88 Å². The Labute approximate surface area is 174 Å². The predicted molar refractivity (Wildman–Crippen MR) is 110 cm³/mol. The van der Waals surface area contributed by atoms with Crippen LogP contribution in [0.3, 0.4) is 0 Å². The second-order valence-electron chi connectivity index (χ2n) is 7.66. The van der Waals surface area contributed by atoms with Gasteiger partial charge >= 0.3 is 0 Å². The van der Waals surface area contributed by atoms with Crippen LogP contribution in [0.2, 0.25) is 0 Å². The number of carbonyl (C=O) groups is 1. The minimum absolute atomic E-state index is 0.127. The molecule has 30 heavy (non-hydrogen) atoms. The number of carbonyl (C=O) groups excluding carboxylic acids is 1. The number of rotatable bonds is 7. The zero-order valence-corrected chi connectivity index (χ0v) is 17.9. The summed E-state index contributed by atoms with van der Waals surface area (Å²) >= 11 is 0. The lowest BCUT2D eigenvalue weighted by atomic mass is 10.1. The summed E-state index contributed by atoms with van der Waals surface area (Å²) in [4.78, 5) is 19.2. The molecule has 0 bridgehead atoms. The number of ether oxygens (including phenoxy) is 1. The van der Waals surface area contributed by atoms with E-state index in [0.717, 1.165) is 29.5 Å². The van der Waals surface area contributed by atoms with Crippen molar-refractivity contribution < 1.29 is 18.3 Å². The summed E-state index contributed by atoms with van der Waals surface area (Å²) in [5, 5.41) is 4.63. The van der Waals surface area contributed by atoms with Crippen molar-refractivity contribution in [1.82, 2.24) is 19.5 Å². The standard InChI is InChI=1S/C22H26F2N4O2/c1-6-16-19(26-28-20(30-5)9-14(4)25-21(16)28)12-27(11-13(2)3)22(29)17-10-15(23)7-8-18(17)24/h7-10,13H,6,11-12H2,1-5H3. The zero-order chi connectivity index (χ0) is 22.0. The maximum atomic E-state index is 14.3. The molecule has 0 saturated carbocycles. The molecule has 0 spiro atoms. The predicted octanol–water partition coefficient (Wildman–Crippen LogP) is 4.19. The van der Waals surface area contributed by atoms with Gasteiger partial charge in [0, 0.05) is 23.9 Å². The van der Waals surface area contributed by atoms with Crippen LogP contribution in [0.15, 0.2) is 24.3 Å². The van der Waals surface area contributed by atoms with Gasteiger partial charge in [0.1, 0.15) is 11.6 Å². The van der Waals surface area contributed by atoms with Gasteiger partial charge in [-0.25, -0.2) is 13.8 Å². The average molecular weight is 416 g/mol. The first-order valence-corrected chi connectivity index (χ1v) is 9.91. The van der Waals surface area contributed by atoms with E-state index in [9.17, 15) is 13.6 Å². The smallest absolute Gasteiger partial charge is 0.257 e. The molecule has 0 atom stereocenters. The summed E-state index contributed by atoms with van der Waals surface area (Å²) in [5.41, 5.74) is 2.71. The minimum Gasteiger partial charge on any atom is -0.481 e. The Balaban J connectivity index is 2.06. The number of benzene rings is 1. The van der Waals surface area contributed by atoms with Crippen LogP contribution in [0.5, 0.6) is 5.88 Å². The molecule has 0 N–H and O–H groups in total. The molecule has 1 aromatic carbocycles. The number of halogens is 2. The highest BCUT2D eigenvalue weighted by Crippen LogP contribution is 2.24. The molecule has 3 aromatic rings. The van der Waals surface area contributed by atoms with Gasteiger partial charge in [0.2, 0.25) is 5.88 Å². The van der Waals surface area contributed by atoms with Gasteiger partial charge in [-0.05, 0) is 37.5 Å². The summed E-state index contributed by atoms with van der Waals surface area (Å²) < 4.78 is 35.0. The van der Waals surface area contributed by atoms with Crippen LogP contribution >= 0.6 is 0 Å². The molecule has 8 heteroatoms. The van der Waals surface area contributed by atoms with Crippen LogP contribution in [0.4, 0.5) is 8.78 Å². The van der Waals surface area contributed by atoms with Gasteiger partial charge in [0.15, 0.2) is 5.65 Å². The highest BCUT2D eigenvalue weighted by molar-refractivity contribution is 5.94. The molecule has 0 aliphatic rings. The molecule has 2 aromatic heterocycles. The van der Waals surface area contributed by atoms with E-state index in [4.69, 9.17) is 4.74 Å². The van der Waals surface area contributed by atoms with E-state index in [1.165, 1.54) is 4.90 Å². The fourth-order valence-corrected chi connectivity index (χ4v) is 3.50. The summed E-state index contributed by atoms with van der Waals surface area (Å²) in [5.74, 6) is -1.31. The molecule has 160 valence electrons. The Bertz CT molecular complexity index is 1080. The molecule has 0 fully saturated rings. The van der Waals surface area contributed by atoms with Crippen LogP contribution in [-0.2, 0) is 13.0 Å². The maximum absolute atomic E-state index is 14.3. The van der Waals surface area contributed by atoms with Gasteiger partial charge < -0.3 is 9.64 Å². The highest BCUT2D eigenvalue weighted by Gasteiger charge is 2.25. The highest BCUT2D eigenvalue weighted by atomic mass is 19.1. The fourth-order valence-electron chi connectivity index (χ4n) is 3.50. The molecule has 0 saturated heterocycles. The largest absolute Gasteiger partial charge is 0.481 e. The summed E-state index contributed by atoms with van der Waals surface area (Å²) in [6, 6.07) is 4.68. The Morgan fingerprint density at radius 1 is 1.27 bits per heavy atom. The van der Waals surface area contributed by atoms with E-state index in [1.54, 1.807) is 17.7 Å². The third-order valence-corrected chi connectivity index (χ3v) is 4.80. The number of fused-ring (bicyclic) bond motifs is 1. The van der Waals surface area contributed by atoms with Crippen molar-refractivity contribution in [2.24, 2.45) is 5.92 Å². The fraction of sp³-hybridized carbons (Fsp3) is 0.409.